The predicted molar refractivity (Wildman–Crippen MR) is 142 cm³/mol. The number of esters is 1. The van der Waals surface area contributed by atoms with Crippen LogP contribution in [0, 0.1) is 0 Å². The van der Waals surface area contributed by atoms with Gasteiger partial charge in [-0.15, -0.1) is 0 Å². The third-order valence-corrected chi connectivity index (χ3v) is 9.07. The Bertz CT molecular complexity index is 1460. The van der Waals surface area contributed by atoms with Crippen LogP contribution < -0.4 is 10.1 Å². The molecule has 2 heterocycles. The Morgan fingerprint density at radius 1 is 0.975 bits per heavy atom. The second-order valence-corrected chi connectivity index (χ2v) is 12.0. The molecular weight excluding hydrogens is 539 g/mol. The van der Waals surface area contributed by atoms with E-state index in [2.05, 4.69) is 5.32 Å². The molecule has 0 aliphatic carbocycles. The molecule has 0 bridgehead atoms. The third kappa shape index (κ3) is 5.29. The summed E-state index contributed by atoms with van der Waals surface area (Å²) in [6.07, 6.45) is -0.926. The molecule has 208 valence electrons. The molecule has 3 aromatic rings. The molecule has 0 saturated carbocycles. The fourth-order valence-corrected chi connectivity index (χ4v) is 7.41. The average Bonchev–Trinajstić information content (AvgIpc) is 2.94. The van der Waals surface area contributed by atoms with E-state index in [4.69, 9.17) is 9.47 Å². The molecule has 2 fully saturated rings. The van der Waals surface area contributed by atoms with Crippen LogP contribution in [-0.2, 0) is 29.0 Å². The van der Waals surface area contributed by atoms with Gasteiger partial charge >= 0.3 is 5.97 Å². The van der Waals surface area contributed by atoms with Crippen molar-refractivity contribution in [1.29, 1.82) is 0 Å². The van der Waals surface area contributed by atoms with E-state index in [0.29, 0.717) is 21.8 Å². The van der Waals surface area contributed by atoms with Gasteiger partial charge in [-0.25, -0.2) is 17.6 Å². The van der Waals surface area contributed by atoms with Gasteiger partial charge in [-0.3, -0.25) is 9.59 Å². The summed E-state index contributed by atoms with van der Waals surface area (Å²) in [7, 11) is -4.26. The number of hydrogen-bond donors (Lipinski definition) is 1. The summed E-state index contributed by atoms with van der Waals surface area (Å²) in [4.78, 5) is 39.9. The van der Waals surface area contributed by atoms with Gasteiger partial charge in [-0.1, -0.05) is 78.9 Å². The van der Waals surface area contributed by atoms with E-state index in [1.807, 2.05) is 0 Å². The molecule has 2 aliphatic rings. The lowest BCUT2D eigenvalue weighted by atomic mass is 9.92. The summed E-state index contributed by atoms with van der Waals surface area (Å²) in [6, 6.07) is 22.7. The number of amides is 2. The molecule has 2 saturated heterocycles. The summed E-state index contributed by atoms with van der Waals surface area (Å²) in [5.74, 6) is -3.34. The van der Waals surface area contributed by atoms with Crippen LogP contribution in [0.4, 0.5) is 4.39 Å². The molecular formula is C29H27FN2O7S. The van der Waals surface area contributed by atoms with Gasteiger partial charge in [0.15, 0.2) is 39.6 Å². The Morgan fingerprint density at radius 2 is 1.50 bits per heavy atom. The summed E-state index contributed by atoms with van der Waals surface area (Å²) in [5, 5.41) is 0.745. The summed E-state index contributed by atoms with van der Waals surface area (Å²) in [6.45, 7) is 0.488. The topological polar surface area (TPSA) is 119 Å². The Morgan fingerprint density at radius 3 is 2.05 bits per heavy atom. The van der Waals surface area contributed by atoms with E-state index in [1.165, 1.54) is 0 Å². The highest BCUT2D eigenvalue weighted by Gasteiger charge is 2.68. The second-order valence-electron chi connectivity index (χ2n) is 9.91. The van der Waals surface area contributed by atoms with Crippen molar-refractivity contribution in [2.24, 2.45) is 0 Å². The number of nitrogens with one attached hydrogen (secondary N) is 1. The van der Waals surface area contributed by atoms with Crippen molar-refractivity contribution in [2.75, 3.05) is 12.4 Å². The average molecular weight is 567 g/mol. The van der Waals surface area contributed by atoms with Crippen LogP contribution in [0.25, 0.3) is 0 Å². The number of carbonyl (C=O) groups is 3. The van der Waals surface area contributed by atoms with Gasteiger partial charge in [-0.05, 0) is 30.2 Å². The summed E-state index contributed by atoms with van der Waals surface area (Å²) in [5.41, 5.74) is -1.41. The Kier molecular flexibility index (Phi) is 7.33. The minimum Gasteiger partial charge on any atom is -0.484 e. The van der Waals surface area contributed by atoms with Gasteiger partial charge in [0.25, 0.3) is 5.91 Å². The number of alkyl halides is 1. The third-order valence-electron chi connectivity index (χ3n) is 6.87. The van der Waals surface area contributed by atoms with E-state index < -0.39 is 69.2 Å². The highest BCUT2D eigenvalue weighted by Crippen LogP contribution is 2.42. The van der Waals surface area contributed by atoms with Crippen LogP contribution in [0.15, 0.2) is 91.0 Å². The molecule has 1 N–H and O–H groups in total. The van der Waals surface area contributed by atoms with E-state index in [-0.39, 0.29) is 0 Å². The number of hydrogen-bond acceptors (Lipinski definition) is 7. The first-order valence-electron chi connectivity index (χ1n) is 12.6. The Balaban J connectivity index is 1.37. The van der Waals surface area contributed by atoms with Gasteiger partial charge in [0.2, 0.25) is 5.91 Å². The number of β-lactam (4-membered cyclic amide) rings is 1. The Labute approximate surface area is 230 Å². The second kappa shape index (κ2) is 10.7. The van der Waals surface area contributed by atoms with E-state index in [9.17, 15) is 22.8 Å². The summed E-state index contributed by atoms with van der Waals surface area (Å²) < 4.78 is 53.1. The molecule has 9 nitrogen and oxygen atoms in total. The first kappa shape index (κ1) is 27.3. The number of fused-ring (bicyclic) bond motifs is 1. The molecule has 4 atom stereocenters. The van der Waals surface area contributed by atoms with E-state index in [0.717, 1.165) is 6.92 Å². The normalized spacial score (nSPS) is 24.9. The van der Waals surface area contributed by atoms with Crippen LogP contribution in [0.1, 0.15) is 24.2 Å². The van der Waals surface area contributed by atoms with Crippen molar-refractivity contribution in [3.63, 3.8) is 0 Å². The lowest BCUT2D eigenvalue weighted by Gasteiger charge is -2.55. The van der Waals surface area contributed by atoms with Crippen molar-refractivity contribution >= 4 is 27.6 Å². The minimum absolute atomic E-state index is 0.409. The maximum atomic E-state index is 15.9. The first-order chi connectivity index (χ1) is 19.1. The molecule has 0 unspecified atom stereocenters. The zero-order chi connectivity index (χ0) is 28.5. The van der Waals surface area contributed by atoms with Crippen LogP contribution in [0.5, 0.6) is 5.75 Å². The lowest BCUT2D eigenvalue weighted by Crippen LogP contribution is -2.82. The highest BCUT2D eigenvalue weighted by molar-refractivity contribution is 7.92. The SMILES string of the molecule is C[C@@]1(F)CS(=O)(=O)[C@@H]2[C@H](NC(=O)COc3ccccc3)C(=O)N2[C@H]1C(=O)OC(c1ccccc1)c1ccccc1. The molecule has 2 aliphatic heterocycles. The van der Waals surface area contributed by atoms with Gasteiger partial charge in [0.1, 0.15) is 11.8 Å². The van der Waals surface area contributed by atoms with Gasteiger partial charge in [0.05, 0.1) is 5.75 Å². The van der Waals surface area contributed by atoms with Crippen LogP contribution in [-0.4, -0.2) is 66.6 Å². The molecule has 11 heteroatoms. The lowest BCUT2D eigenvalue weighted by molar-refractivity contribution is -0.176. The predicted octanol–water partition coefficient (Wildman–Crippen LogP) is 2.58. The first-order valence-corrected chi connectivity index (χ1v) is 14.3. The summed E-state index contributed by atoms with van der Waals surface area (Å²) >= 11 is 0. The maximum absolute atomic E-state index is 15.9. The van der Waals surface area contributed by atoms with E-state index >= 15 is 4.39 Å². The number of halogens is 1. The number of benzene rings is 3. The fourth-order valence-electron chi connectivity index (χ4n) is 5.13. The fraction of sp³-hybridized carbons (Fsp3) is 0.276. The molecule has 0 radical (unpaired) electrons. The standard InChI is InChI=1S/C29H27FN2O7S/c1-29(30)18-40(36,37)27-23(31-22(33)17-38-21-15-9-4-10-16-21)26(34)32(27)25(29)28(35)39-24(19-11-5-2-6-12-19)20-13-7-3-8-14-20/h2-16,23-25,27H,17-18H2,1H3,(H,31,33)/t23-,25+,27-,29-/m1/s1. The quantitative estimate of drug-likeness (QED) is 0.329. The van der Waals surface area contributed by atoms with Crippen LogP contribution in [0.2, 0.25) is 0 Å². The highest BCUT2D eigenvalue weighted by atomic mass is 32.2. The van der Waals surface area contributed by atoms with Crippen molar-refractivity contribution in [3.8, 4) is 5.75 Å². The van der Waals surface area contributed by atoms with Gasteiger partial charge in [0, 0.05) is 0 Å². The van der Waals surface area contributed by atoms with Crippen molar-refractivity contribution in [1.82, 2.24) is 10.2 Å². The molecule has 5 rings (SSSR count). The number of para-hydroxylation sites is 1. The number of sulfone groups is 1. The van der Waals surface area contributed by atoms with Crippen LogP contribution in [0.3, 0.4) is 0 Å². The number of carbonyl (C=O) groups excluding carboxylic acids is 3. The number of ether oxygens (including phenoxy) is 2. The molecule has 0 aromatic heterocycles. The minimum atomic E-state index is -4.26. The van der Waals surface area contributed by atoms with Crippen molar-refractivity contribution in [2.45, 2.75) is 36.2 Å². The zero-order valence-corrected chi connectivity index (χ0v) is 22.3. The number of rotatable bonds is 8. The molecule has 0 spiro atoms. The van der Waals surface area contributed by atoms with E-state index in [1.54, 1.807) is 91.0 Å². The van der Waals surface area contributed by atoms with Gasteiger partial charge < -0.3 is 19.7 Å². The van der Waals surface area contributed by atoms with Crippen LogP contribution >= 0.6 is 0 Å². The maximum Gasteiger partial charge on any atom is 0.333 e. The molecule has 40 heavy (non-hydrogen) atoms. The van der Waals surface area contributed by atoms with Gasteiger partial charge in [-0.2, -0.15) is 0 Å². The smallest absolute Gasteiger partial charge is 0.333 e. The molecule has 2 amide bonds. The monoisotopic (exact) mass is 566 g/mol. The zero-order valence-electron chi connectivity index (χ0n) is 21.5. The largest absolute Gasteiger partial charge is 0.484 e. The Hall–Kier alpha value is -4.25. The molecule has 3 aromatic carbocycles. The van der Waals surface area contributed by atoms with Crippen molar-refractivity contribution in [3.05, 3.63) is 102 Å². The number of nitrogens with zero attached hydrogens (tertiary/aromatic N) is 1. The van der Waals surface area contributed by atoms with Crippen molar-refractivity contribution < 1.29 is 36.7 Å².